The Balaban J connectivity index is 0.00000342. The number of hydrogen-bond donors (Lipinski definition) is 0. The molecule has 4 aromatic rings. The third-order valence-electron chi connectivity index (χ3n) is 6.45. The number of hydrogen-bond acceptors (Lipinski definition) is 1. The van der Waals surface area contributed by atoms with Gasteiger partial charge < -0.3 is 4.74 Å². The normalized spacial score (nSPS) is 10.4. The zero-order valence-electron chi connectivity index (χ0n) is 21.3. The van der Waals surface area contributed by atoms with Crippen LogP contribution in [0.1, 0.15) is 45.4 Å². The van der Waals surface area contributed by atoms with E-state index in [1.54, 1.807) is 0 Å². The van der Waals surface area contributed by atoms with Gasteiger partial charge in [-0.3, -0.25) is 0 Å². The van der Waals surface area contributed by atoms with Crippen molar-refractivity contribution >= 4 is 52.7 Å². The van der Waals surface area contributed by atoms with Gasteiger partial charge in [-0.2, -0.15) is 0 Å². The molecule has 0 amide bonds. The summed E-state index contributed by atoms with van der Waals surface area (Å²) in [5.41, 5.74) is 6.37. The molecule has 0 N–H and O–H groups in total. The van der Waals surface area contributed by atoms with Gasteiger partial charge in [-0.05, 0) is 29.7 Å². The van der Waals surface area contributed by atoms with Gasteiger partial charge in [-0.15, -0.1) is 0 Å². The molecule has 173 valence electrons. The van der Waals surface area contributed by atoms with Gasteiger partial charge in [-0.1, -0.05) is 152 Å². The molecule has 0 unspecified atom stereocenters. The first-order valence-corrected chi connectivity index (χ1v) is 12.8. The Kier molecular flexibility index (Phi) is 11.7. The van der Waals surface area contributed by atoms with Crippen molar-refractivity contribution in [3.63, 3.8) is 0 Å². The van der Waals surface area contributed by atoms with Crippen molar-refractivity contribution in [2.24, 2.45) is 0 Å². The second-order valence-corrected chi connectivity index (χ2v) is 8.99. The molecular formula is C32H35BNaO. The minimum absolute atomic E-state index is 0. The fourth-order valence-electron chi connectivity index (χ4n) is 4.68. The van der Waals surface area contributed by atoms with Crippen molar-refractivity contribution in [1.29, 1.82) is 0 Å². The van der Waals surface area contributed by atoms with Crippen LogP contribution in [-0.4, -0.2) is 42.9 Å². The van der Waals surface area contributed by atoms with Crippen LogP contribution in [0, 0.1) is 0 Å². The molecule has 0 heterocycles. The standard InChI is InChI=1S/C32H35BO.Na/c1-2-3-4-5-6-15-25-34-30-22-16-17-27(26-30)31-23-13-14-24-32(31)33(28-18-9-7-10-19-28)29-20-11-8-12-21-29;/h7-14,16-24,26H,2-6,15,25H2,1H3;. The first-order chi connectivity index (χ1) is 16.9. The fraction of sp³-hybridized carbons (Fsp3) is 0.250. The summed E-state index contributed by atoms with van der Waals surface area (Å²) in [5, 5.41) is 0. The average molecular weight is 469 g/mol. The SMILES string of the molecule is CCCCCCCCOc1cccc(-c2ccccc2B(c2ccccc2)c2ccccc2)c1.[Na]. The summed E-state index contributed by atoms with van der Waals surface area (Å²) in [4.78, 5) is 0. The third-order valence-corrected chi connectivity index (χ3v) is 6.45. The largest absolute Gasteiger partial charge is 0.494 e. The molecule has 0 aliphatic carbocycles. The Labute approximate surface area is 234 Å². The molecule has 0 fully saturated rings. The molecule has 1 nitrogen and oxygen atoms in total. The van der Waals surface area contributed by atoms with Crippen molar-refractivity contribution in [2.75, 3.05) is 6.61 Å². The molecule has 0 saturated carbocycles. The number of benzene rings is 4. The van der Waals surface area contributed by atoms with E-state index in [-0.39, 0.29) is 36.3 Å². The van der Waals surface area contributed by atoms with E-state index in [2.05, 4.69) is 116 Å². The van der Waals surface area contributed by atoms with Crippen molar-refractivity contribution in [1.82, 2.24) is 0 Å². The minimum Gasteiger partial charge on any atom is -0.494 e. The van der Waals surface area contributed by atoms with Gasteiger partial charge in [0.15, 0.2) is 0 Å². The van der Waals surface area contributed by atoms with Crippen LogP contribution in [-0.2, 0) is 0 Å². The zero-order valence-corrected chi connectivity index (χ0v) is 23.3. The summed E-state index contributed by atoms with van der Waals surface area (Å²) in [6.45, 7) is 3.22. The molecule has 0 spiro atoms. The molecule has 0 aliphatic rings. The summed E-state index contributed by atoms with van der Waals surface area (Å²) < 4.78 is 6.14. The second kappa shape index (κ2) is 15.0. The number of rotatable bonds is 12. The third kappa shape index (κ3) is 7.87. The van der Waals surface area contributed by atoms with Crippen LogP contribution in [0.2, 0.25) is 0 Å². The van der Waals surface area contributed by atoms with E-state index in [0.29, 0.717) is 0 Å². The van der Waals surface area contributed by atoms with Crippen LogP contribution >= 0.6 is 0 Å². The Bertz CT molecular complexity index is 1090. The Morgan fingerprint density at radius 2 is 1.20 bits per heavy atom. The Morgan fingerprint density at radius 1 is 0.600 bits per heavy atom. The maximum Gasteiger partial charge on any atom is 0.241 e. The monoisotopic (exact) mass is 469 g/mol. The molecule has 0 bridgehead atoms. The van der Waals surface area contributed by atoms with Crippen molar-refractivity contribution in [3.05, 3.63) is 109 Å². The van der Waals surface area contributed by atoms with E-state index in [9.17, 15) is 0 Å². The van der Waals surface area contributed by atoms with Gasteiger partial charge in [0.05, 0.1) is 6.61 Å². The average Bonchev–Trinajstić information content (AvgIpc) is 2.90. The smallest absolute Gasteiger partial charge is 0.241 e. The van der Waals surface area contributed by atoms with Crippen LogP contribution in [0.25, 0.3) is 11.1 Å². The summed E-state index contributed by atoms with van der Waals surface area (Å²) in [7, 11) is 0. The van der Waals surface area contributed by atoms with Gasteiger partial charge >= 0.3 is 0 Å². The van der Waals surface area contributed by atoms with Crippen LogP contribution < -0.4 is 21.1 Å². The van der Waals surface area contributed by atoms with Gasteiger partial charge in [0.25, 0.3) is 0 Å². The molecule has 35 heavy (non-hydrogen) atoms. The van der Waals surface area contributed by atoms with Gasteiger partial charge in [0.1, 0.15) is 5.75 Å². The summed E-state index contributed by atoms with van der Waals surface area (Å²) in [5.74, 6) is 0.955. The molecule has 0 aliphatic heterocycles. The number of ether oxygens (including phenoxy) is 1. The molecule has 4 rings (SSSR count). The first kappa shape index (κ1) is 27.3. The molecule has 0 atom stereocenters. The molecule has 3 heteroatoms. The van der Waals surface area contributed by atoms with E-state index in [4.69, 9.17) is 4.74 Å². The van der Waals surface area contributed by atoms with E-state index < -0.39 is 0 Å². The van der Waals surface area contributed by atoms with Gasteiger partial charge in [0.2, 0.25) is 6.71 Å². The molecule has 1 radical (unpaired) electrons. The van der Waals surface area contributed by atoms with Gasteiger partial charge in [0, 0.05) is 29.6 Å². The van der Waals surface area contributed by atoms with Gasteiger partial charge in [-0.25, -0.2) is 0 Å². The molecule has 0 aromatic heterocycles. The van der Waals surface area contributed by atoms with Crippen LogP contribution in [0.5, 0.6) is 5.75 Å². The van der Waals surface area contributed by atoms with Crippen LogP contribution in [0.15, 0.2) is 109 Å². The van der Waals surface area contributed by atoms with Crippen molar-refractivity contribution < 1.29 is 4.74 Å². The number of unbranched alkanes of at least 4 members (excludes halogenated alkanes) is 5. The zero-order chi connectivity index (χ0) is 23.4. The maximum atomic E-state index is 6.14. The first-order valence-electron chi connectivity index (χ1n) is 12.8. The van der Waals surface area contributed by atoms with E-state index >= 15 is 0 Å². The second-order valence-electron chi connectivity index (χ2n) is 8.99. The van der Waals surface area contributed by atoms with Crippen molar-refractivity contribution in [3.8, 4) is 16.9 Å². The van der Waals surface area contributed by atoms with E-state index in [1.807, 2.05) is 0 Å². The predicted molar refractivity (Wildman–Crippen MR) is 154 cm³/mol. The molecule has 0 saturated heterocycles. The maximum absolute atomic E-state index is 6.14. The van der Waals surface area contributed by atoms with Crippen molar-refractivity contribution in [2.45, 2.75) is 45.4 Å². The Morgan fingerprint density at radius 3 is 1.89 bits per heavy atom. The fourth-order valence-corrected chi connectivity index (χ4v) is 4.68. The molecular weight excluding hydrogens is 434 g/mol. The summed E-state index contributed by atoms with van der Waals surface area (Å²) >= 11 is 0. The quantitative estimate of drug-likeness (QED) is 0.177. The van der Waals surface area contributed by atoms with Crippen LogP contribution in [0.4, 0.5) is 0 Å². The topological polar surface area (TPSA) is 9.23 Å². The summed E-state index contributed by atoms with van der Waals surface area (Å²) in [6.07, 6.45) is 7.65. The predicted octanol–water partition coefficient (Wildman–Crippen LogP) is 6.23. The molecule has 4 aromatic carbocycles. The minimum atomic E-state index is 0. The van der Waals surface area contributed by atoms with E-state index in [0.717, 1.165) is 18.8 Å². The Hall–Kier alpha value is -2.26. The van der Waals surface area contributed by atoms with E-state index in [1.165, 1.54) is 59.6 Å². The van der Waals surface area contributed by atoms with Crippen LogP contribution in [0.3, 0.4) is 0 Å². The summed E-state index contributed by atoms with van der Waals surface area (Å²) in [6, 6.07) is 39.0.